The summed E-state index contributed by atoms with van der Waals surface area (Å²) < 4.78 is 0.637. The van der Waals surface area contributed by atoms with Gasteiger partial charge in [0.1, 0.15) is 12.3 Å². The van der Waals surface area contributed by atoms with Gasteiger partial charge in [-0.25, -0.2) is 0 Å². The van der Waals surface area contributed by atoms with Crippen molar-refractivity contribution >= 4 is 12.1 Å². The first-order chi connectivity index (χ1) is 6.54. The van der Waals surface area contributed by atoms with Crippen LogP contribution in [0.25, 0.3) is 0 Å². The van der Waals surface area contributed by atoms with Crippen LogP contribution in [0.1, 0.15) is 32.1 Å². The van der Waals surface area contributed by atoms with Crippen LogP contribution in [0.4, 0.5) is 0 Å². The van der Waals surface area contributed by atoms with Gasteiger partial charge in [-0.3, -0.25) is 9.59 Å². The van der Waals surface area contributed by atoms with E-state index >= 15 is 0 Å². The highest BCUT2D eigenvalue weighted by Crippen LogP contribution is 2.19. The van der Waals surface area contributed by atoms with Gasteiger partial charge < -0.3 is 10.3 Å². The molecule has 0 spiro atoms. The van der Waals surface area contributed by atoms with Gasteiger partial charge in [-0.15, -0.1) is 0 Å². The zero-order valence-corrected chi connectivity index (χ0v) is 7.94. The molecule has 2 N–H and O–H groups in total. The Labute approximate surface area is 80.5 Å². The maximum absolute atomic E-state index is 11.2. The number of aldehydes is 1. The van der Waals surface area contributed by atoms with Crippen molar-refractivity contribution in [2.24, 2.45) is 0 Å². The molecule has 0 aliphatic carbocycles. The Balaban J connectivity index is 3.45. The molecule has 0 aliphatic rings. The minimum absolute atomic E-state index is 0.0351. The third kappa shape index (κ3) is 1.31. The number of hydrogen-bond acceptors (Lipinski definition) is 4. The number of aliphatic hydroxyl groups is 1. The second-order valence-electron chi connectivity index (χ2n) is 2.98. The van der Waals surface area contributed by atoms with Crippen molar-refractivity contribution < 1.29 is 19.9 Å². The van der Waals surface area contributed by atoms with E-state index in [1.165, 1.54) is 6.92 Å². The summed E-state index contributed by atoms with van der Waals surface area (Å²) in [5, 5.41) is 18.1. The molecule has 5 nitrogen and oxygen atoms in total. The average Bonchev–Trinajstić information content (AvgIpc) is 2.38. The number of rotatable bonds is 3. The van der Waals surface area contributed by atoms with Gasteiger partial charge in [-0.05, 0) is 19.4 Å². The molecule has 0 bridgehead atoms. The van der Waals surface area contributed by atoms with Crippen molar-refractivity contribution in [2.45, 2.75) is 13.8 Å². The van der Waals surface area contributed by atoms with E-state index in [0.717, 1.165) is 0 Å². The van der Waals surface area contributed by atoms with Crippen molar-refractivity contribution in [3.8, 4) is 0 Å². The molecule has 0 radical (unpaired) electrons. The Morgan fingerprint density at radius 2 is 2.07 bits per heavy atom. The topological polar surface area (TPSA) is 79.5 Å². The number of carbonyl (C=O) groups is 2. The van der Waals surface area contributed by atoms with Crippen LogP contribution >= 0.6 is 0 Å². The van der Waals surface area contributed by atoms with Gasteiger partial charge in [-0.2, -0.15) is 4.73 Å². The van der Waals surface area contributed by atoms with Gasteiger partial charge in [0, 0.05) is 5.56 Å². The number of Topliss-reactive ketones (excluding diaryl/α,β-unsaturated/α-hetero) is 1. The lowest BCUT2D eigenvalue weighted by Gasteiger charge is -2.00. The second kappa shape index (κ2) is 3.63. The van der Waals surface area contributed by atoms with Crippen molar-refractivity contribution in [3.05, 3.63) is 22.5 Å². The monoisotopic (exact) mass is 197 g/mol. The highest BCUT2D eigenvalue weighted by molar-refractivity contribution is 5.99. The molecule has 76 valence electrons. The first kappa shape index (κ1) is 10.5. The summed E-state index contributed by atoms with van der Waals surface area (Å²) in [7, 11) is 0. The number of carbonyl (C=O) groups excluding carboxylic acids is 2. The fraction of sp³-hybridized carbons (Fsp3) is 0.333. The highest BCUT2D eigenvalue weighted by atomic mass is 16.5. The second-order valence-corrected chi connectivity index (χ2v) is 2.98. The summed E-state index contributed by atoms with van der Waals surface area (Å²) in [6.45, 7) is 2.38. The maximum atomic E-state index is 11.2. The minimum Gasteiger partial charge on any atom is -0.428 e. The lowest BCUT2D eigenvalue weighted by atomic mass is 10.1. The number of aliphatic hydroxyl groups excluding tert-OH is 1. The Hall–Kier alpha value is -1.62. The molecule has 0 fully saturated rings. The summed E-state index contributed by atoms with van der Waals surface area (Å²) in [5.74, 6) is -0.610. The minimum atomic E-state index is -0.691. The molecule has 14 heavy (non-hydrogen) atoms. The van der Waals surface area contributed by atoms with Crippen LogP contribution in [0, 0.1) is 13.8 Å². The van der Waals surface area contributed by atoms with E-state index in [-0.39, 0.29) is 11.3 Å². The van der Waals surface area contributed by atoms with Crippen LogP contribution in [0.2, 0.25) is 0 Å². The predicted octanol–water partition coefficient (Wildman–Crippen LogP) is 0.330. The molecule has 1 aromatic heterocycles. The fourth-order valence-electron chi connectivity index (χ4n) is 1.42. The summed E-state index contributed by atoms with van der Waals surface area (Å²) in [5.41, 5.74) is 0.935. The normalized spacial score (nSPS) is 10.2. The smallest absolute Gasteiger partial charge is 0.208 e. The van der Waals surface area contributed by atoms with E-state index in [0.29, 0.717) is 22.3 Å². The third-order valence-electron chi connectivity index (χ3n) is 2.20. The summed E-state index contributed by atoms with van der Waals surface area (Å²) in [4.78, 5) is 21.8. The molecule has 1 rings (SSSR count). The van der Waals surface area contributed by atoms with E-state index in [4.69, 9.17) is 5.11 Å². The Morgan fingerprint density at radius 3 is 2.43 bits per heavy atom. The van der Waals surface area contributed by atoms with E-state index < -0.39 is 12.4 Å². The number of ketones is 1. The van der Waals surface area contributed by atoms with Crippen LogP contribution < -0.4 is 0 Å². The highest BCUT2D eigenvalue weighted by Gasteiger charge is 2.21. The molecule has 0 unspecified atom stereocenters. The summed E-state index contributed by atoms with van der Waals surface area (Å²) >= 11 is 0. The fourth-order valence-corrected chi connectivity index (χ4v) is 1.42. The molecule has 0 saturated carbocycles. The van der Waals surface area contributed by atoms with Crippen molar-refractivity contribution in [1.29, 1.82) is 0 Å². The molecule has 0 aliphatic heterocycles. The maximum Gasteiger partial charge on any atom is 0.208 e. The molecular weight excluding hydrogens is 186 g/mol. The SMILES string of the molecule is Cc1c(C=O)c(C)n(O)c1C(=O)CO. The first-order valence-corrected chi connectivity index (χ1v) is 4.05. The number of nitrogens with zero attached hydrogens (tertiary/aromatic N) is 1. The molecule has 1 aromatic rings. The lowest BCUT2D eigenvalue weighted by molar-refractivity contribution is 0.0849. The van der Waals surface area contributed by atoms with E-state index in [1.807, 2.05) is 0 Å². The van der Waals surface area contributed by atoms with Gasteiger partial charge >= 0.3 is 0 Å². The Morgan fingerprint density at radius 1 is 1.50 bits per heavy atom. The van der Waals surface area contributed by atoms with Crippen molar-refractivity contribution in [1.82, 2.24) is 4.73 Å². The molecular formula is C9H11NO4. The molecule has 0 amide bonds. The molecule has 5 heteroatoms. The number of hydrogen-bond donors (Lipinski definition) is 2. The quantitative estimate of drug-likeness (QED) is 0.415. The predicted molar refractivity (Wildman–Crippen MR) is 47.9 cm³/mol. The van der Waals surface area contributed by atoms with Crippen LogP contribution in [-0.4, -0.2) is 33.7 Å². The Kier molecular flexibility index (Phi) is 2.71. The van der Waals surface area contributed by atoms with E-state index in [1.54, 1.807) is 6.92 Å². The van der Waals surface area contributed by atoms with E-state index in [9.17, 15) is 14.8 Å². The van der Waals surface area contributed by atoms with Gasteiger partial charge in [0.15, 0.2) is 6.29 Å². The van der Waals surface area contributed by atoms with Crippen molar-refractivity contribution in [2.75, 3.05) is 6.61 Å². The van der Waals surface area contributed by atoms with Gasteiger partial charge in [-0.1, -0.05) is 0 Å². The van der Waals surface area contributed by atoms with E-state index in [2.05, 4.69) is 0 Å². The zero-order valence-electron chi connectivity index (χ0n) is 7.94. The first-order valence-electron chi connectivity index (χ1n) is 4.05. The lowest BCUT2D eigenvalue weighted by Crippen LogP contribution is -2.12. The molecule has 0 aromatic carbocycles. The molecule has 0 atom stereocenters. The van der Waals surface area contributed by atoms with Crippen LogP contribution in [0.3, 0.4) is 0 Å². The van der Waals surface area contributed by atoms with Crippen LogP contribution in [0.5, 0.6) is 0 Å². The van der Waals surface area contributed by atoms with Gasteiger partial charge in [0.25, 0.3) is 0 Å². The molecule has 0 saturated heterocycles. The van der Waals surface area contributed by atoms with Gasteiger partial charge in [0.05, 0.1) is 5.69 Å². The van der Waals surface area contributed by atoms with Crippen LogP contribution in [-0.2, 0) is 0 Å². The Bertz CT molecular complexity index is 392. The molecule has 1 heterocycles. The standard InChI is InChI=1S/C9H11NO4/c1-5-7(3-11)6(2)10(14)9(5)8(13)4-12/h3,12,14H,4H2,1-2H3. The number of aromatic nitrogens is 1. The summed E-state index contributed by atoms with van der Waals surface area (Å²) in [6.07, 6.45) is 0.575. The van der Waals surface area contributed by atoms with Gasteiger partial charge in [0.2, 0.25) is 5.78 Å². The largest absolute Gasteiger partial charge is 0.428 e. The third-order valence-corrected chi connectivity index (χ3v) is 2.20. The zero-order chi connectivity index (χ0) is 10.9. The average molecular weight is 197 g/mol. The summed E-state index contributed by atoms with van der Waals surface area (Å²) in [6, 6.07) is 0. The van der Waals surface area contributed by atoms with Crippen molar-refractivity contribution in [3.63, 3.8) is 0 Å². The van der Waals surface area contributed by atoms with Crippen LogP contribution in [0.15, 0.2) is 0 Å².